The van der Waals surface area contributed by atoms with Gasteiger partial charge < -0.3 is 5.73 Å². The molecule has 0 bridgehead atoms. The van der Waals surface area contributed by atoms with Gasteiger partial charge in [0, 0.05) is 34.6 Å². The first-order valence-electron chi connectivity index (χ1n) is 2.99. The van der Waals surface area contributed by atoms with Crippen molar-refractivity contribution < 1.29 is 8.42 Å². The van der Waals surface area contributed by atoms with E-state index in [4.69, 9.17) is 22.5 Å². The van der Waals surface area contributed by atoms with Crippen molar-refractivity contribution in [2.75, 3.05) is 5.73 Å². The molecule has 1 aromatic carbocycles. The van der Waals surface area contributed by atoms with Crippen LogP contribution >= 0.6 is 11.6 Å². The number of rotatable bonds is 1. The Bertz CT molecular complexity index is 407. The molecule has 0 aliphatic rings. The van der Waals surface area contributed by atoms with Gasteiger partial charge in [0.25, 0.3) is 0 Å². The number of sulfonamides is 1. The van der Waals surface area contributed by atoms with Crippen LogP contribution < -0.4 is 10.9 Å². The summed E-state index contributed by atoms with van der Waals surface area (Å²) in [6.07, 6.45) is 0. The maximum Gasteiger partial charge on any atom is 0.240 e. The topological polar surface area (TPSA) is 86.2 Å². The van der Waals surface area contributed by atoms with Gasteiger partial charge in [0.2, 0.25) is 10.0 Å². The predicted molar refractivity (Wildman–Crippen MR) is 53.0 cm³/mol. The average molecular weight is 230 g/mol. The predicted octanol–water partition coefficient (Wildman–Crippen LogP) is 0.189. The van der Waals surface area contributed by atoms with E-state index < -0.39 is 10.0 Å². The Kier molecular flexibility index (Phi) is 4.71. The molecule has 0 aliphatic carbocycles. The zero-order chi connectivity index (χ0) is 9.35. The van der Waals surface area contributed by atoms with Gasteiger partial charge in [0.15, 0.2) is 0 Å². The Labute approximate surface area is 104 Å². The number of halogens is 1. The molecule has 0 aliphatic heterocycles. The van der Waals surface area contributed by atoms with Gasteiger partial charge in [-0.3, -0.25) is 0 Å². The molecule has 7 heteroatoms. The Morgan fingerprint density at radius 2 is 1.85 bits per heavy atom. The van der Waals surface area contributed by atoms with Crippen molar-refractivity contribution >= 4 is 56.9 Å². The maximum atomic E-state index is 10.8. The third-order valence-corrected chi connectivity index (χ3v) is 2.48. The summed E-state index contributed by atoms with van der Waals surface area (Å²) in [6, 6.07) is 4.10. The standard InChI is InChI=1S/C6H7ClN2O2S.Na/c7-4-1-2-5(8)6(3-4)12(9,10)11;/h1-3H,8H2,(H2,9,10,11);. The minimum atomic E-state index is -3.77. The number of benzene rings is 1. The first kappa shape index (κ1) is 13.2. The van der Waals surface area contributed by atoms with E-state index in [-0.39, 0.29) is 45.2 Å². The largest absolute Gasteiger partial charge is 0.398 e. The molecule has 4 nitrogen and oxygen atoms in total. The Hall–Kier alpha value is 0.220. The van der Waals surface area contributed by atoms with Crippen LogP contribution in [-0.4, -0.2) is 38.0 Å². The van der Waals surface area contributed by atoms with Gasteiger partial charge in [-0.1, -0.05) is 11.6 Å². The van der Waals surface area contributed by atoms with E-state index in [1.807, 2.05) is 0 Å². The molecule has 1 radical (unpaired) electrons. The third-order valence-electron chi connectivity index (χ3n) is 1.28. The molecule has 4 N–H and O–H groups in total. The fourth-order valence-corrected chi connectivity index (χ4v) is 1.68. The van der Waals surface area contributed by atoms with Crippen molar-refractivity contribution in [2.45, 2.75) is 4.90 Å². The van der Waals surface area contributed by atoms with Gasteiger partial charge in [-0.05, 0) is 18.2 Å². The summed E-state index contributed by atoms with van der Waals surface area (Å²) >= 11 is 5.55. The van der Waals surface area contributed by atoms with E-state index in [1.54, 1.807) is 0 Å². The van der Waals surface area contributed by atoms with Crippen LogP contribution in [0.15, 0.2) is 23.1 Å². The molecule has 1 aromatic rings. The van der Waals surface area contributed by atoms with Crippen LogP contribution in [0.3, 0.4) is 0 Å². The molecule has 0 unspecified atom stereocenters. The van der Waals surface area contributed by atoms with E-state index in [2.05, 4.69) is 0 Å². The number of hydrogen-bond acceptors (Lipinski definition) is 3. The Morgan fingerprint density at radius 3 is 2.23 bits per heavy atom. The maximum absolute atomic E-state index is 10.8. The molecule has 0 saturated heterocycles. The summed E-state index contributed by atoms with van der Waals surface area (Å²) in [4.78, 5) is -0.144. The SMILES string of the molecule is Nc1ccc(Cl)cc1S(N)(=O)=O.[Na]. The second kappa shape index (κ2) is 4.63. The summed E-state index contributed by atoms with van der Waals surface area (Å²) in [5, 5.41) is 5.15. The summed E-state index contributed by atoms with van der Waals surface area (Å²) in [6.45, 7) is 0. The van der Waals surface area contributed by atoms with Gasteiger partial charge in [-0.25, -0.2) is 13.6 Å². The normalized spacial score (nSPS) is 10.6. The van der Waals surface area contributed by atoms with Crippen LogP contribution in [0.2, 0.25) is 5.02 Å². The quantitative estimate of drug-likeness (QED) is 0.532. The molecule has 1 rings (SSSR count). The zero-order valence-corrected chi connectivity index (χ0v) is 10.6. The van der Waals surface area contributed by atoms with Crippen molar-refractivity contribution in [1.82, 2.24) is 0 Å². The van der Waals surface area contributed by atoms with E-state index in [1.165, 1.54) is 18.2 Å². The second-order valence-corrected chi connectivity index (χ2v) is 4.19. The molecule has 0 fully saturated rings. The van der Waals surface area contributed by atoms with Crippen molar-refractivity contribution in [3.05, 3.63) is 23.2 Å². The van der Waals surface area contributed by atoms with E-state index >= 15 is 0 Å². The van der Waals surface area contributed by atoms with E-state index in [0.717, 1.165) is 0 Å². The zero-order valence-electron chi connectivity index (χ0n) is 6.99. The fourth-order valence-electron chi connectivity index (χ4n) is 0.755. The second-order valence-electron chi connectivity index (χ2n) is 2.23. The van der Waals surface area contributed by atoms with Gasteiger partial charge in [-0.15, -0.1) is 0 Å². The molecule has 0 aromatic heterocycles. The number of nitrogen functional groups attached to an aromatic ring is 1. The first-order valence-corrected chi connectivity index (χ1v) is 4.91. The van der Waals surface area contributed by atoms with Crippen molar-refractivity contribution in [3.63, 3.8) is 0 Å². The monoisotopic (exact) mass is 229 g/mol. The molecule has 0 spiro atoms. The molecular weight excluding hydrogens is 223 g/mol. The molecular formula is C6H7ClN2NaO2S. The van der Waals surface area contributed by atoms with Crippen LogP contribution in [0.25, 0.3) is 0 Å². The van der Waals surface area contributed by atoms with Gasteiger partial charge in [0.05, 0.1) is 5.69 Å². The van der Waals surface area contributed by atoms with Crippen LogP contribution in [0.1, 0.15) is 0 Å². The molecule has 0 saturated carbocycles. The first-order chi connectivity index (χ1) is 5.41. The van der Waals surface area contributed by atoms with Gasteiger partial charge in [0.1, 0.15) is 4.90 Å². The number of anilines is 1. The molecule has 0 amide bonds. The van der Waals surface area contributed by atoms with Crippen LogP contribution in [-0.2, 0) is 10.0 Å². The van der Waals surface area contributed by atoms with Crippen molar-refractivity contribution in [1.29, 1.82) is 0 Å². The van der Waals surface area contributed by atoms with E-state index in [9.17, 15) is 8.42 Å². The Morgan fingerprint density at radius 1 is 1.31 bits per heavy atom. The van der Waals surface area contributed by atoms with E-state index in [0.29, 0.717) is 0 Å². The molecule has 0 heterocycles. The van der Waals surface area contributed by atoms with Gasteiger partial charge >= 0.3 is 0 Å². The molecule has 13 heavy (non-hydrogen) atoms. The van der Waals surface area contributed by atoms with Crippen LogP contribution in [0.5, 0.6) is 0 Å². The van der Waals surface area contributed by atoms with Crippen LogP contribution in [0, 0.1) is 0 Å². The summed E-state index contributed by atoms with van der Waals surface area (Å²) in [5.74, 6) is 0. The van der Waals surface area contributed by atoms with Crippen molar-refractivity contribution in [2.24, 2.45) is 5.14 Å². The van der Waals surface area contributed by atoms with Crippen LogP contribution in [0.4, 0.5) is 5.69 Å². The number of nitrogens with two attached hydrogens (primary N) is 2. The molecule has 67 valence electrons. The minimum Gasteiger partial charge on any atom is -0.398 e. The summed E-state index contributed by atoms with van der Waals surface area (Å²) in [5.41, 5.74) is 5.46. The third kappa shape index (κ3) is 3.46. The summed E-state index contributed by atoms with van der Waals surface area (Å²) in [7, 11) is -3.77. The smallest absolute Gasteiger partial charge is 0.240 e. The van der Waals surface area contributed by atoms with Crippen molar-refractivity contribution in [3.8, 4) is 0 Å². The number of primary sulfonamides is 1. The van der Waals surface area contributed by atoms with Gasteiger partial charge in [-0.2, -0.15) is 0 Å². The minimum absolute atomic E-state index is 0. The molecule has 0 atom stereocenters. The number of hydrogen-bond donors (Lipinski definition) is 2. The summed E-state index contributed by atoms with van der Waals surface area (Å²) < 4.78 is 21.7. The Balaban J connectivity index is 0.00000144. The average Bonchev–Trinajstić information content (AvgIpc) is 1.92. The fraction of sp³-hybridized carbons (Fsp3) is 0.